The number of halogens is 2. The molecule has 1 unspecified atom stereocenters. The van der Waals surface area contributed by atoms with Gasteiger partial charge in [0, 0.05) is 24.7 Å². The molecule has 1 aliphatic rings. The van der Waals surface area contributed by atoms with Gasteiger partial charge in [-0.3, -0.25) is 9.59 Å². The van der Waals surface area contributed by atoms with Crippen molar-refractivity contribution < 1.29 is 14.0 Å². The molecule has 0 aliphatic carbocycles. The van der Waals surface area contributed by atoms with Gasteiger partial charge in [0.25, 0.3) is 11.8 Å². The lowest BCUT2D eigenvalue weighted by Crippen LogP contribution is -2.42. The maximum Gasteiger partial charge on any atom is 0.264 e. The first-order chi connectivity index (χ1) is 13.0. The lowest BCUT2D eigenvalue weighted by atomic mass is 10.1. The number of nitrogens with one attached hydrogen (secondary N) is 2. The predicted octanol–water partition coefficient (Wildman–Crippen LogP) is 4.08. The number of thiophene rings is 1. The Morgan fingerprint density at radius 3 is 2.79 bits per heavy atom. The first-order valence-corrected chi connectivity index (χ1v) is 10.00. The number of rotatable bonds is 6. The Hall–Kier alpha value is -1.96. The van der Waals surface area contributed by atoms with Crippen LogP contribution in [0.25, 0.3) is 0 Å². The molecule has 1 aromatic carbocycles. The summed E-state index contributed by atoms with van der Waals surface area (Å²) in [6, 6.07) is 7.55. The normalized spacial score (nSPS) is 15.8. The van der Waals surface area contributed by atoms with Crippen molar-refractivity contribution in [2.45, 2.75) is 32.7 Å². The van der Waals surface area contributed by atoms with Gasteiger partial charge in [-0.2, -0.15) is 0 Å². The van der Waals surface area contributed by atoms with E-state index in [1.54, 1.807) is 12.1 Å². The largest absolute Gasteiger partial charge is 0.334 e. The lowest BCUT2D eigenvalue weighted by Gasteiger charge is -2.28. The standard InChI is InChI=1S/C20H24FN3O2S.ClH/c1-3-9-24(16-7-8-22-12-16)20(26)18-13(2)10-17(27-18)23-19(25)14-5-4-6-15(21)11-14;/h4-6,10-11,16,22H,3,7-9,12H2,1-2H3,(H,23,25);1H. The predicted molar refractivity (Wildman–Crippen MR) is 113 cm³/mol. The van der Waals surface area contributed by atoms with E-state index in [1.807, 2.05) is 11.8 Å². The maximum absolute atomic E-state index is 13.3. The van der Waals surface area contributed by atoms with E-state index < -0.39 is 5.82 Å². The van der Waals surface area contributed by atoms with E-state index in [0.717, 1.165) is 31.5 Å². The molecular weight excluding hydrogens is 401 g/mol. The summed E-state index contributed by atoms with van der Waals surface area (Å²) in [5.74, 6) is -0.833. The van der Waals surface area contributed by atoms with E-state index in [9.17, 15) is 14.0 Å². The number of amides is 2. The minimum absolute atomic E-state index is 0. The van der Waals surface area contributed by atoms with Crippen molar-refractivity contribution in [1.82, 2.24) is 10.2 Å². The van der Waals surface area contributed by atoms with Crippen molar-refractivity contribution in [3.63, 3.8) is 0 Å². The Labute approximate surface area is 174 Å². The summed E-state index contributed by atoms with van der Waals surface area (Å²) in [6.07, 6.45) is 1.86. The third kappa shape index (κ3) is 5.10. The number of carbonyl (C=O) groups excluding carboxylic acids is 2. The van der Waals surface area contributed by atoms with E-state index in [2.05, 4.69) is 17.6 Å². The number of benzene rings is 1. The Bertz CT molecular complexity index is 837. The third-order valence-electron chi connectivity index (χ3n) is 4.64. The van der Waals surface area contributed by atoms with E-state index >= 15 is 0 Å². The monoisotopic (exact) mass is 425 g/mol. The topological polar surface area (TPSA) is 61.4 Å². The number of anilines is 1. The molecule has 2 aromatic rings. The van der Waals surface area contributed by atoms with Crippen LogP contribution >= 0.6 is 23.7 Å². The molecule has 0 radical (unpaired) electrons. The molecule has 2 amide bonds. The number of aryl methyl sites for hydroxylation is 1. The summed E-state index contributed by atoms with van der Waals surface area (Å²) in [7, 11) is 0. The second-order valence-corrected chi connectivity index (χ2v) is 7.78. The van der Waals surface area contributed by atoms with E-state index in [0.29, 0.717) is 16.4 Å². The molecule has 28 heavy (non-hydrogen) atoms. The van der Waals surface area contributed by atoms with Crippen LogP contribution < -0.4 is 10.6 Å². The number of hydrogen-bond acceptors (Lipinski definition) is 4. The van der Waals surface area contributed by atoms with Crippen molar-refractivity contribution >= 4 is 40.6 Å². The van der Waals surface area contributed by atoms with Crippen LogP contribution in [-0.4, -0.2) is 42.4 Å². The van der Waals surface area contributed by atoms with Crippen molar-refractivity contribution in [2.24, 2.45) is 0 Å². The van der Waals surface area contributed by atoms with Gasteiger partial charge in [-0.25, -0.2) is 4.39 Å². The molecule has 0 bridgehead atoms. The average Bonchev–Trinajstić information content (AvgIpc) is 3.29. The van der Waals surface area contributed by atoms with Crippen LogP contribution in [0.4, 0.5) is 9.39 Å². The van der Waals surface area contributed by atoms with Gasteiger partial charge in [0.05, 0.1) is 9.88 Å². The van der Waals surface area contributed by atoms with Crippen LogP contribution in [0.2, 0.25) is 0 Å². The minimum Gasteiger partial charge on any atom is -0.334 e. The number of nitrogens with zero attached hydrogens (tertiary/aromatic N) is 1. The van der Waals surface area contributed by atoms with Crippen LogP contribution in [0, 0.1) is 12.7 Å². The first-order valence-electron chi connectivity index (χ1n) is 9.18. The second kappa shape index (κ2) is 10.0. The molecule has 3 rings (SSSR count). The Balaban J connectivity index is 0.00000280. The second-order valence-electron chi connectivity index (χ2n) is 6.73. The fraction of sp³-hybridized carbons (Fsp3) is 0.400. The van der Waals surface area contributed by atoms with Gasteiger partial charge in [-0.1, -0.05) is 13.0 Å². The summed E-state index contributed by atoms with van der Waals surface area (Å²) < 4.78 is 13.3. The zero-order chi connectivity index (χ0) is 19.4. The van der Waals surface area contributed by atoms with Crippen molar-refractivity contribution in [1.29, 1.82) is 0 Å². The molecule has 0 saturated carbocycles. The fourth-order valence-corrected chi connectivity index (χ4v) is 4.32. The molecule has 8 heteroatoms. The molecule has 5 nitrogen and oxygen atoms in total. The number of carbonyl (C=O) groups is 2. The Morgan fingerprint density at radius 2 is 2.14 bits per heavy atom. The zero-order valence-electron chi connectivity index (χ0n) is 16.0. The molecule has 1 aromatic heterocycles. The first kappa shape index (κ1) is 22.3. The van der Waals surface area contributed by atoms with Crippen LogP contribution in [0.3, 0.4) is 0 Å². The lowest BCUT2D eigenvalue weighted by molar-refractivity contribution is 0.0696. The van der Waals surface area contributed by atoms with Gasteiger partial charge < -0.3 is 15.5 Å². The smallest absolute Gasteiger partial charge is 0.264 e. The average molecular weight is 426 g/mol. The van der Waals surface area contributed by atoms with E-state index in [1.165, 1.54) is 29.5 Å². The fourth-order valence-electron chi connectivity index (χ4n) is 3.30. The van der Waals surface area contributed by atoms with Crippen LogP contribution in [0.1, 0.15) is 45.4 Å². The molecule has 1 fully saturated rings. The quantitative estimate of drug-likeness (QED) is 0.732. The molecule has 1 aliphatic heterocycles. The molecule has 0 spiro atoms. The van der Waals surface area contributed by atoms with Gasteiger partial charge in [0.1, 0.15) is 5.82 Å². The van der Waals surface area contributed by atoms with E-state index in [4.69, 9.17) is 0 Å². The highest BCUT2D eigenvalue weighted by molar-refractivity contribution is 7.18. The maximum atomic E-state index is 13.3. The summed E-state index contributed by atoms with van der Waals surface area (Å²) >= 11 is 1.27. The summed E-state index contributed by atoms with van der Waals surface area (Å²) in [5, 5.41) is 6.67. The highest BCUT2D eigenvalue weighted by Crippen LogP contribution is 2.29. The van der Waals surface area contributed by atoms with Gasteiger partial charge in [0.2, 0.25) is 0 Å². The highest BCUT2D eigenvalue weighted by atomic mass is 35.5. The van der Waals surface area contributed by atoms with Crippen LogP contribution in [0.5, 0.6) is 0 Å². The molecule has 2 N–H and O–H groups in total. The minimum atomic E-state index is -0.457. The Morgan fingerprint density at radius 1 is 1.36 bits per heavy atom. The van der Waals surface area contributed by atoms with Gasteiger partial charge >= 0.3 is 0 Å². The van der Waals surface area contributed by atoms with Gasteiger partial charge in [0.15, 0.2) is 0 Å². The number of hydrogen-bond donors (Lipinski definition) is 2. The zero-order valence-corrected chi connectivity index (χ0v) is 17.6. The molecule has 1 saturated heterocycles. The van der Waals surface area contributed by atoms with Crippen molar-refractivity contribution in [3.8, 4) is 0 Å². The SMILES string of the molecule is CCCN(C(=O)c1sc(NC(=O)c2cccc(F)c2)cc1C)C1CCNC1.Cl. The van der Waals surface area contributed by atoms with Gasteiger partial charge in [-0.15, -0.1) is 23.7 Å². The Kier molecular flexibility index (Phi) is 7.98. The van der Waals surface area contributed by atoms with Crippen molar-refractivity contribution in [2.75, 3.05) is 25.0 Å². The summed E-state index contributed by atoms with van der Waals surface area (Å²) in [4.78, 5) is 28.0. The van der Waals surface area contributed by atoms with E-state index in [-0.39, 0.29) is 35.8 Å². The molecule has 152 valence electrons. The summed E-state index contributed by atoms with van der Waals surface area (Å²) in [6.45, 7) is 6.40. The molecule has 2 heterocycles. The van der Waals surface area contributed by atoms with Crippen molar-refractivity contribution in [3.05, 3.63) is 52.2 Å². The van der Waals surface area contributed by atoms with Gasteiger partial charge in [-0.05, 0) is 56.1 Å². The molecule has 1 atom stereocenters. The van der Waals surface area contributed by atoms with Crippen LogP contribution in [-0.2, 0) is 0 Å². The summed E-state index contributed by atoms with van der Waals surface area (Å²) in [5.41, 5.74) is 1.09. The third-order valence-corrected chi connectivity index (χ3v) is 5.78. The highest BCUT2D eigenvalue weighted by Gasteiger charge is 2.28. The molecular formula is C20H25ClFN3O2S. The van der Waals surface area contributed by atoms with Crippen LogP contribution in [0.15, 0.2) is 30.3 Å².